The van der Waals surface area contributed by atoms with E-state index in [1.54, 1.807) is 24.7 Å². The molecule has 0 spiro atoms. The number of aliphatic hydroxyl groups is 1. The van der Waals surface area contributed by atoms with Gasteiger partial charge in [0.05, 0.1) is 12.9 Å². The van der Waals surface area contributed by atoms with Gasteiger partial charge in [-0.3, -0.25) is 0 Å². The maximum Gasteiger partial charge on any atom is 0.123 e. The van der Waals surface area contributed by atoms with Crippen molar-refractivity contribution in [3.05, 3.63) is 53.9 Å². The molecule has 96 valence electrons. The van der Waals surface area contributed by atoms with E-state index < -0.39 is 5.60 Å². The minimum Gasteiger partial charge on any atom is -0.383 e. The Hall–Kier alpha value is -1.68. The Bertz CT molecular complexity index is 521. The van der Waals surface area contributed by atoms with E-state index in [0.717, 1.165) is 11.3 Å². The maximum absolute atomic E-state index is 12.9. The van der Waals surface area contributed by atoms with E-state index >= 15 is 0 Å². The topological polar surface area (TPSA) is 38.0 Å². The molecule has 0 aliphatic heterocycles. The fraction of sp³-hybridized carbons (Fsp3) is 0.357. The second-order valence-corrected chi connectivity index (χ2v) is 4.55. The molecule has 0 amide bonds. The van der Waals surface area contributed by atoms with Crippen LogP contribution >= 0.6 is 0 Å². The summed E-state index contributed by atoms with van der Waals surface area (Å²) in [5.74, 6) is -0.295. The Morgan fingerprint density at radius 3 is 2.50 bits per heavy atom. The van der Waals surface area contributed by atoms with Crippen LogP contribution in [0.3, 0.4) is 0 Å². The average molecular weight is 248 g/mol. The molecule has 0 saturated heterocycles. The highest BCUT2D eigenvalue weighted by Gasteiger charge is 2.28. The van der Waals surface area contributed by atoms with E-state index in [1.807, 2.05) is 18.4 Å². The normalized spacial score (nSPS) is 14.4. The number of hydrogen-bond acceptors (Lipinski definition) is 2. The average Bonchev–Trinajstić information content (AvgIpc) is 2.75. The third kappa shape index (κ3) is 2.43. The number of aryl methyl sites for hydroxylation is 1. The summed E-state index contributed by atoms with van der Waals surface area (Å²) in [5.41, 5.74) is 0.711. The lowest BCUT2D eigenvalue weighted by molar-refractivity contribution is 0.0138. The molecule has 0 aliphatic carbocycles. The largest absolute Gasteiger partial charge is 0.383 e. The first-order valence-electron chi connectivity index (χ1n) is 6.00. The van der Waals surface area contributed by atoms with Crippen LogP contribution in [0.25, 0.3) is 0 Å². The van der Waals surface area contributed by atoms with Gasteiger partial charge in [-0.05, 0) is 31.0 Å². The van der Waals surface area contributed by atoms with Crippen LogP contribution < -0.4 is 0 Å². The molecule has 0 fully saturated rings. The number of halogens is 1. The molecule has 2 rings (SSSR count). The predicted molar refractivity (Wildman–Crippen MR) is 67.6 cm³/mol. The molecule has 4 heteroatoms. The summed E-state index contributed by atoms with van der Waals surface area (Å²) in [4.78, 5) is 4.04. The quantitative estimate of drug-likeness (QED) is 0.903. The van der Waals surface area contributed by atoms with Crippen molar-refractivity contribution in [3.8, 4) is 0 Å². The molecule has 1 N–H and O–H groups in total. The zero-order valence-electron chi connectivity index (χ0n) is 10.6. The number of imidazole rings is 1. The van der Waals surface area contributed by atoms with E-state index in [-0.39, 0.29) is 5.82 Å². The minimum absolute atomic E-state index is 0.295. The minimum atomic E-state index is -1.00. The Morgan fingerprint density at radius 1 is 1.33 bits per heavy atom. The van der Waals surface area contributed by atoms with Gasteiger partial charge >= 0.3 is 0 Å². The van der Waals surface area contributed by atoms with E-state index in [2.05, 4.69) is 4.98 Å². The van der Waals surface area contributed by atoms with Crippen LogP contribution in [0.1, 0.15) is 24.6 Å². The van der Waals surface area contributed by atoms with Crippen molar-refractivity contribution in [2.45, 2.75) is 32.4 Å². The standard InChI is InChI=1S/C14H17FN2O/c1-3-14(18,9-17-10-16-8-11(17)2)12-4-6-13(15)7-5-12/h4-8,10,18H,3,9H2,1-2H3. The smallest absolute Gasteiger partial charge is 0.123 e. The number of aromatic nitrogens is 2. The molecular weight excluding hydrogens is 231 g/mol. The van der Waals surface area contributed by atoms with Gasteiger partial charge in [-0.15, -0.1) is 0 Å². The Balaban J connectivity index is 2.30. The van der Waals surface area contributed by atoms with E-state index in [1.165, 1.54) is 12.1 Å². The second-order valence-electron chi connectivity index (χ2n) is 4.55. The summed E-state index contributed by atoms with van der Waals surface area (Å²) in [6.45, 7) is 4.27. The third-order valence-corrected chi connectivity index (χ3v) is 3.32. The van der Waals surface area contributed by atoms with Gasteiger partial charge in [-0.25, -0.2) is 9.37 Å². The van der Waals surface area contributed by atoms with Crippen LogP contribution in [0.5, 0.6) is 0 Å². The molecule has 0 aliphatic rings. The molecular formula is C14H17FN2O. The van der Waals surface area contributed by atoms with Crippen LogP contribution in [-0.4, -0.2) is 14.7 Å². The molecule has 18 heavy (non-hydrogen) atoms. The van der Waals surface area contributed by atoms with E-state index in [4.69, 9.17) is 0 Å². The van der Waals surface area contributed by atoms with Gasteiger partial charge in [-0.1, -0.05) is 19.1 Å². The molecule has 1 unspecified atom stereocenters. The summed E-state index contributed by atoms with van der Waals surface area (Å²) in [6, 6.07) is 6.00. The molecule has 1 atom stereocenters. The van der Waals surface area contributed by atoms with E-state index in [9.17, 15) is 9.50 Å². The first kappa shape index (κ1) is 12.8. The Labute approximate surface area is 106 Å². The lowest BCUT2D eigenvalue weighted by Gasteiger charge is -2.28. The Kier molecular flexibility index (Phi) is 3.48. The zero-order chi connectivity index (χ0) is 13.2. The van der Waals surface area contributed by atoms with Crippen LogP contribution in [0.4, 0.5) is 4.39 Å². The van der Waals surface area contributed by atoms with Crippen LogP contribution in [0, 0.1) is 12.7 Å². The lowest BCUT2D eigenvalue weighted by Crippen LogP contribution is -2.30. The molecule has 0 radical (unpaired) electrons. The second kappa shape index (κ2) is 4.90. The zero-order valence-corrected chi connectivity index (χ0v) is 10.6. The van der Waals surface area contributed by atoms with Gasteiger partial charge in [0.1, 0.15) is 11.4 Å². The fourth-order valence-corrected chi connectivity index (χ4v) is 2.00. The van der Waals surface area contributed by atoms with Crippen molar-refractivity contribution >= 4 is 0 Å². The summed E-state index contributed by atoms with van der Waals surface area (Å²) < 4.78 is 14.8. The SMILES string of the molecule is CCC(O)(Cn1cncc1C)c1ccc(F)cc1. The van der Waals surface area contributed by atoms with Crippen LogP contribution in [0.2, 0.25) is 0 Å². The van der Waals surface area contributed by atoms with Gasteiger partial charge in [0, 0.05) is 11.9 Å². The molecule has 1 aromatic carbocycles. The Morgan fingerprint density at radius 2 is 2.00 bits per heavy atom. The molecule has 0 saturated carbocycles. The summed E-state index contributed by atoms with van der Waals surface area (Å²) in [7, 11) is 0. The molecule has 1 aromatic heterocycles. The molecule has 2 aromatic rings. The molecule has 0 bridgehead atoms. The van der Waals surface area contributed by atoms with Crippen molar-refractivity contribution in [2.75, 3.05) is 0 Å². The van der Waals surface area contributed by atoms with Crippen molar-refractivity contribution in [1.29, 1.82) is 0 Å². The van der Waals surface area contributed by atoms with Crippen molar-refractivity contribution in [2.24, 2.45) is 0 Å². The summed E-state index contributed by atoms with van der Waals surface area (Å²) >= 11 is 0. The number of rotatable bonds is 4. The fourth-order valence-electron chi connectivity index (χ4n) is 2.00. The number of nitrogens with zero attached hydrogens (tertiary/aromatic N) is 2. The molecule has 3 nitrogen and oxygen atoms in total. The van der Waals surface area contributed by atoms with Crippen molar-refractivity contribution in [1.82, 2.24) is 9.55 Å². The summed E-state index contributed by atoms with van der Waals surface area (Å²) in [6.07, 6.45) is 4.00. The van der Waals surface area contributed by atoms with Crippen LogP contribution in [0.15, 0.2) is 36.8 Å². The van der Waals surface area contributed by atoms with Crippen molar-refractivity contribution in [3.63, 3.8) is 0 Å². The van der Waals surface area contributed by atoms with Gasteiger partial charge in [0.15, 0.2) is 0 Å². The summed E-state index contributed by atoms with van der Waals surface area (Å²) in [5, 5.41) is 10.7. The molecule has 1 heterocycles. The third-order valence-electron chi connectivity index (χ3n) is 3.32. The van der Waals surface area contributed by atoms with Gasteiger partial charge in [-0.2, -0.15) is 0 Å². The maximum atomic E-state index is 12.9. The lowest BCUT2D eigenvalue weighted by atomic mass is 9.91. The number of hydrogen-bond donors (Lipinski definition) is 1. The first-order valence-corrected chi connectivity index (χ1v) is 6.00. The first-order chi connectivity index (χ1) is 8.55. The van der Waals surface area contributed by atoms with E-state index in [0.29, 0.717) is 13.0 Å². The van der Waals surface area contributed by atoms with Gasteiger partial charge in [0.25, 0.3) is 0 Å². The highest BCUT2D eigenvalue weighted by Crippen LogP contribution is 2.27. The monoisotopic (exact) mass is 248 g/mol. The highest BCUT2D eigenvalue weighted by molar-refractivity contribution is 5.23. The van der Waals surface area contributed by atoms with Crippen LogP contribution in [-0.2, 0) is 12.1 Å². The number of benzene rings is 1. The highest BCUT2D eigenvalue weighted by atomic mass is 19.1. The van der Waals surface area contributed by atoms with Crippen molar-refractivity contribution < 1.29 is 9.50 Å². The van der Waals surface area contributed by atoms with Gasteiger partial charge in [0.2, 0.25) is 0 Å². The van der Waals surface area contributed by atoms with Gasteiger partial charge < -0.3 is 9.67 Å². The predicted octanol–water partition coefficient (Wildman–Crippen LogP) is 2.63.